The van der Waals surface area contributed by atoms with Crippen LogP contribution in [0.1, 0.15) is 16.2 Å². The predicted octanol–water partition coefficient (Wildman–Crippen LogP) is -0.864. The zero-order chi connectivity index (χ0) is 13.0. The Morgan fingerprint density at radius 1 is 1.53 bits per heavy atom. The average molecular weight is 241 g/mol. The van der Waals surface area contributed by atoms with Crippen LogP contribution in [0.5, 0.6) is 0 Å². The predicted molar refractivity (Wildman–Crippen MR) is 60.2 cm³/mol. The van der Waals surface area contributed by atoms with Crippen LogP contribution in [0, 0.1) is 6.92 Å². The molecule has 0 aliphatic heterocycles. The Balaban J connectivity index is 2.55. The number of amides is 2. The van der Waals surface area contributed by atoms with E-state index in [9.17, 15) is 9.59 Å². The number of nitrogens with zero attached hydrogens (tertiary/aromatic N) is 2. The van der Waals surface area contributed by atoms with E-state index in [4.69, 9.17) is 11.5 Å². The summed E-state index contributed by atoms with van der Waals surface area (Å²) >= 11 is 0. The Kier molecular flexibility index (Phi) is 3.91. The number of hydrogen-bond donors (Lipinski definition) is 3. The van der Waals surface area contributed by atoms with Gasteiger partial charge >= 0.3 is 6.09 Å². The molecule has 0 aliphatic rings. The van der Waals surface area contributed by atoms with Gasteiger partial charge in [-0.25, -0.2) is 4.79 Å². The van der Waals surface area contributed by atoms with E-state index in [1.165, 1.54) is 4.68 Å². The molecule has 0 saturated carbocycles. The van der Waals surface area contributed by atoms with E-state index < -0.39 is 6.09 Å². The molecule has 1 aromatic heterocycles. The lowest BCUT2D eigenvalue weighted by Gasteiger charge is -2.06. The number of carbonyl (C=O) groups is 2. The molecule has 2 amide bonds. The second kappa shape index (κ2) is 5.19. The highest BCUT2D eigenvalue weighted by Crippen LogP contribution is 2.14. The van der Waals surface area contributed by atoms with Crippen molar-refractivity contribution in [3.05, 3.63) is 11.4 Å². The Morgan fingerprint density at radius 3 is 2.65 bits per heavy atom. The topological polar surface area (TPSA) is 125 Å². The van der Waals surface area contributed by atoms with Crippen molar-refractivity contribution in [3.63, 3.8) is 0 Å². The van der Waals surface area contributed by atoms with Crippen molar-refractivity contribution in [2.24, 2.45) is 12.8 Å². The minimum atomic E-state index is -0.879. The van der Waals surface area contributed by atoms with Gasteiger partial charge < -0.3 is 21.5 Å². The summed E-state index contributed by atoms with van der Waals surface area (Å²) in [6.45, 7) is 1.88. The third-order valence-corrected chi connectivity index (χ3v) is 2.12. The maximum absolute atomic E-state index is 11.7. The van der Waals surface area contributed by atoms with Crippen molar-refractivity contribution < 1.29 is 14.3 Å². The van der Waals surface area contributed by atoms with Gasteiger partial charge in [-0.2, -0.15) is 5.10 Å². The SMILES string of the molecule is Cc1nn(C)c(C(=O)NCCOC(N)=O)c1N. The lowest BCUT2D eigenvalue weighted by atomic mass is 10.3. The standard InChI is InChI=1S/C9H15N5O3/c1-5-6(10)7(14(2)13-5)8(15)12-3-4-17-9(11)16/h3-4,10H2,1-2H3,(H2,11,16)(H,12,15). The summed E-state index contributed by atoms with van der Waals surface area (Å²) in [6, 6.07) is 0. The van der Waals surface area contributed by atoms with Gasteiger partial charge in [0.1, 0.15) is 12.3 Å². The summed E-state index contributed by atoms with van der Waals surface area (Å²) in [5.41, 5.74) is 11.7. The number of ether oxygens (including phenoxy) is 1. The van der Waals surface area contributed by atoms with Crippen LogP contribution in [0.2, 0.25) is 0 Å². The lowest BCUT2D eigenvalue weighted by molar-refractivity contribution is 0.0928. The molecule has 0 spiro atoms. The molecule has 1 aromatic rings. The minimum absolute atomic E-state index is 0.0117. The Labute approximate surface area is 97.9 Å². The molecule has 0 aliphatic carbocycles. The van der Waals surface area contributed by atoms with Crippen LogP contribution >= 0.6 is 0 Å². The normalized spacial score (nSPS) is 10.0. The van der Waals surface area contributed by atoms with Crippen molar-refractivity contribution in [1.82, 2.24) is 15.1 Å². The molecule has 0 bridgehead atoms. The fourth-order valence-electron chi connectivity index (χ4n) is 1.34. The van der Waals surface area contributed by atoms with Gasteiger partial charge in [-0.15, -0.1) is 0 Å². The van der Waals surface area contributed by atoms with Gasteiger partial charge in [-0.1, -0.05) is 0 Å². The first-order valence-electron chi connectivity index (χ1n) is 4.93. The summed E-state index contributed by atoms with van der Waals surface area (Å²) in [4.78, 5) is 22.0. The van der Waals surface area contributed by atoms with Crippen LogP contribution in [0.15, 0.2) is 0 Å². The molecule has 0 atom stereocenters. The first-order chi connectivity index (χ1) is 7.93. The largest absolute Gasteiger partial charge is 0.448 e. The smallest absolute Gasteiger partial charge is 0.404 e. The molecule has 94 valence electrons. The van der Waals surface area contributed by atoms with Crippen molar-refractivity contribution >= 4 is 17.7 Å². The van der Waals surface area contributed by atoms with Gasteiger partial charge in [0.05, 0.1) is 17.9 Å². The van der Waals surface area contributed by atoms with Gasteiger partial charge in [-0.05, 0) is 6.92 Å². The number of hydrogen-bond acceptors (Lipinski definition) is 5. The number of aromatic nitrogens is 2. The van der Waals surface area contributed by atoms with E-state index in [1.807, 2.05) is 0 Å². The summed E-state index contributed by atoms with van der Waals surface area (Å²) in [6.07, 6.45) is -0.879. The van der Waals surface area contributed by atoms with E-state index in [1.54, 1.807) is 14.0 Å². The van der Waals surface area contributed by atoms with E-state index in [0.29, 0.717) is 11.4 Å². The highest BCUT2D eigenvalue weighted by Gasteiger charge is 2.17. The van der Waals surface area contributed by atoms with Gasteiger partial charge in [0, 0.05) is 7.05 Å². The molecule has 1 heterocycles. The monoisotopic (exact) mass is 241 g/mol. The Hall–Kier alpha value is -2.25. The summed E-state index contributed by atoms with van der Waals surface area (Å²) in [5, 5.41) is 6.55. The number of carbonyl (C=O) groups excluding carboxylic acids is 2. The molecule has 0 fully saturated rings. The van der Waals surface area contributed by atoms with Crippen LogP contribution in [-0.2, 0) is 11.8 Å². The quantitative estimate of drug-likeness (QED) is 0.591. The molecule has 5 N–H and O–H groups in total. The van der Waals surface area contributed by atoms with Gasteiger partial charge in [0.15, 0.2) is 0 Å². The maximum atomic E-state index is 11.7. The first-order valence-corrected chi connectivity index (χ1v) is 4.93. The number of aryl methyl sites for hydroxylation is 2. The fourth-order valence-corrected chi connectivity index (χ4v) is 1.34. The molecule has 0 aromatic carbocycles. The molecule has 0 radical (unpaired) electrons. The molecule has 8 nitrogen and oxygen atoms in total. The molecule has 0 unspecified atom stereocenters. The number of rotatable bonds is 4. The van der Waals surface area contributed by atoms with E-state index >= 15 is 0 Å². The number of nitrogen functional groups attached to an aromatic ring is 1. The molecule has 8 heteroatoms. The van der Waals surface area contributed by atoms with E-state index in [-0.39, 0.29) is 24.8 Å². The highest BCUT2D eigenvalue weighted by molar-refractivity contribution is 5.97. The number of nitrogens with two attached hydrogens (primary N) is 2. The number of primary amides is 1. The van der Waals surface area contributed by atoms with Crippen molar-refractivity contribution in [3.8, 4) is 0 Å². The molecule has 1 rings (SSSR count). The number of anilines is 1. The summed E-state index contributed by atoms with van der Waals surface area (Å²) < 4.78 is 5.86. The minimum Gasteiger partial charge on any atom is -0.448 e. The van der Waals surface area contributed by atoms with E-state index in [0.717, 1.165) is 0 Å². The van der Waals surface area contributed by atoms with Crippen LogP contribution in [0.3, 0.4) is 0 Å². The third-order valence-electron chi connectivity index (χ3n) is 2.12. The third kappa shape index (κ3) is 3.10. The van der Waals surface area contributed by atoms with Gasteiger partial charge in [0.2, 0.25) is 0 Å². The second-order valence-corrected chi connectivity index (χ2v) is 3.39. The van der Waals surface area contributed by atoms with Crippen LogP contribution in [0.4, 0.5) is 10.5 Å². The molecular weight excluding hydrogens is 226 g/mol. The van der Waals surface area contributed by atoms with Crippen molar-refractivity contribution in [1.29, 1.82) is 0 Å². The van der Waals surface area contributed by atoms with Crippen molar-refractivity contribution in [2.45, 2.75) is 6.92 Å². The Bertz CT molecular complexity index is 440. The van der Waals surface area contributed by atoms with E-state index in [2.05, 4.69) is 15.2 Å². The zero-order valence-corrected chi connectivity index (χ0v) is 9.69. The van der Waals surface area contributed by atoms with Crippen LogP contribution in [0.25, 0.3) is 0 Å². The zero-order valence-electron chi connectivity index (χ0n) is 9.69. The lowest BCUT2D eigenvalue weighted by Crippen LogP contribution is -2.30. The Morgan fingerprint density at radius 2 is 2.18 bits per heavy atom. The molecule has 17 heavy (non-hydrogen) atoms. The maximum Gasteiger partial charge on any atom is 0.404 e. The molecule has 0 saturated heterocycles. The fraction of sp³-hybridized carbons (Fsp3) is 0.444. The van der Waals surface area contributed by atoms with Crippen LogP contribution < -0.4 is 16.8 Å². The second-order valence-electron chi connectivity index (χ2n) is 3.39. The van der Waals surface area contributed by atoms with Crippen molar-refractivity contribution in [2.75, 3.05) is 18.9 Å². The summed E-state index contributed by atoms with van der Waals surface area (Å²) in [7, 11) is 1.62. The average Bonchev–Trinajstić information content (AvgIpc) is 2.48. The molecular formula is C9H15N5O3. The number of nitrogens with one attached hydrogen (secondary N) is 1. The first kappa shape index (κ1) is 12.8. The van der Waals surface area contributed by atoms with Gasteiger partial charge in [-0.3, -0.25) is 9.48 Å². The van der Waals surface area contributed by atoms with Crippen LogP contribution in [-0.4, -0.2) is 34.9 Å². The van der Waals surface area contributed by atoms with Gasteiger partial charge in [0.25, 0.3) is 5.91 Å². The highest BCUT2D eigenvalue weighted by atomic mass is 16.5. The summed E-state index contributed by atoms with van der Waals surface area (Å²) in [5.74, 6) is -0.376.